The minimum absolute atomic E-state index is 0.286. The fraction of sp³-hybridized carbons (Fsp3) is 0.769. The maximum Gasteiger partial charge on any atom is 0.0863 e. The highest BCUT2D eigenvalue weighted by molar-refractivity contribution is 6.31. The Labute approximate surface area is 114 Å². The molecule has 18 heavy (non-hydrogen) atoms. The topological polar surface area (TPSA) is 50.1 Å². The molecule has 2 N–H and O–H groups in total. The van der Waals surface area contributed by atoms with Crippen LogP contribution in [-0.2, 0) is 19.5 Å². The summed E-state index contributed by atoms with van der Waals surface area (Å²) >= 11 is 6.31. The lowest BCUT2D eigenvalue weighted by Crippen LogP contribution is -2.18. The van der Waals surface area contributed by atoms with Crippen molar-refractivity contribution in [1.82, 2.24) is 15.1 Å². The van der Waals surface area contributed by atoms with Crippen molar-refractivity contribution in [2.45, 2.75) is 52.6 Å². The first-order valence-electron chi connectivity index (χ1n) is 6.80. The Morgan fingerprint density at radius 2 is 2.06 bits per heavy atom. The molecular formula is C13H24ClN3O. The van der Waals surface area contributed by atoms with Crippen LogP contribution in [0, 0.1) is 0 Å². The van der Waals surface area contributed by atoms with Crippen molar-refractivity contribution in [3.8, 4) is 0 Å². The Morgan fingerprint density at radius 3 is 2.67 bits per heavy atom. The maximum absolute atomic E-state index is 8.69. The highest BCUT2D eigenvalue weighted by Gasteiger charge is 2.13. The molecule has 5 heteroatoms. The van der Waals surface area contributed by atoms with E-state index in [0.717, 1.165) is 61.7 Å². The van der Waals surface area contributed by atoms with E-state index in [1.807, 2.05) is 4.68 Å². The van der Waals surface area contributed by atoms with Crippen molar-refractivity contribution in [2.24, 2.45) is 0 Å². The van der Waals surface area contributed by atoms with E-state index < -0.39 is 0 Å². The third-order valence-electron chi connectivity index (χ3n) is 3.00. The van der Waals surface area contributed by atoms with Gasteiger partial charge in [-0.2, -0.15) is 5.10 Å². The number of hydrogen-bond donors (Lipinski definition) is 2. The lowest BCUT2D eigenvalue weighted by Gasteiger charge is -2.07. The average Bonchev–Trinajstić information content (AvgIpc) is 2.70. The highest BCUT2D eigenvalue weighted by Crippen LogP contribution is 2.21. The van der Waals surface area contributed by atoms with Gasteiger partial charge in [0.1, 0.15) is 0 Å². The second-order valence-corrected chi connectivity index (χ2v) is 4.72. The number of halogens is 1. The molecular weight excluding hydrogens is 250 g/mol. The fourth-order valence-electron chi connectivity index (χ4n) is 1.93. The highest BCUT2D eigenvalue weighted by atomic mass is 35.5. The Bertz CT molecular complexity index is 352. The number of aryl methyl sites for hydroxylation is 2. The van der Waals surface area contributed by atoms with E-state index in [4.69, 9.17) is 16.7 Å². The van der Waals surface area contributed by atoms with Gasteiger partial charge in [-0.1, -0.05) is 18.5 Å². The molecule has 1 aromatic rings. The number of aromatic nitrogens is 2. The molecule has 1 rings (SSSR count). The standard InChI is InChI=1S/C13H24ClN3O/c1-3-11-13(14)12(17(4-2)16-11)10-15-8-6-5-7-9-18/h15,18H,3-10H2,1-2H3. The van der Waals surface area contributed by atoms with Crippen molar-refractivity contribution >= 4 is 11.6 Å². The zero-order valence-corrected chi connectivity index (χ0v) is 12.1. The minimum Gasteiger partial charge on any atom is -0.396 e. The van der Waals surface area contributed by atoms with Crippen LogP contribution >= 0.6 is 11.6 Å². The van der Waals surface area contributed by atoms with Crippen molar-refractivity contribution < 1.29 is 5.11 Å². The Kier molecular flexibility index (Phi) is 7.32. The van der Waals surface area contributed by atoms with Gasteiger partial charge in [0.25, 0.3) is 0 Å². The molecule has 1 aromatic heterocycles. The molecule has 0 atom stereocenters. The number of aliphatic hydroxyl groups is 1. The second kappa shape index (κ2) is 8.51. The van der Waals surface area contributed by atoms with Crippen molar-refractivity contribution in [1.29, 1.82) is 0 Å². The second-order valence-electron chi connectivity index (χ2n) is 4.34. The minimum atomic E-state index is 0.286. The Hall–Kier alpha value is -0.580. The largest absolute Gasteiger partial charge is 0.396 e. The van der Waals surface area contributed by atoms with E-state index in [9.17, 15) is 0 Å². The molecule has 0 unspecified atom stereocenters. The van der Waals surface area contributed by atoms with Gasteiger partial charge in [0.05, 0.1) is 16.4 Å². The molecule has 104 valence electrons. The summed E-state index contributed by atoms with van der Waals surface area (Å²) in [7, 11) is 0. The summed E-state index contributed by atoms with van der Waals surface area (Å²) in [6.07, 6.45) is 3.90. The fourth-order valence-corrected chi connectivity index (χ4v) is 2.27. The van der Waals surface area contributed by atoms with E-state index in [-0.39, 0.29) is 6.61 Å². The number of hydrogen-bond acceptors (Lipinski definition) is 3. The van der Waals surface area contributed by atoms with Crippen LogP contribution in [-0.4, -0.2) is 28.0 Å². The van der Waals surface area contributed by atoms with E-state index in [1.165, 1.54) is 0 Å². The predicted octanol–water partition coefficient (Wildman–Crippen LogP) is 2.37. The van der Waals surface area contributed by atoms with Gasteiger partial charge in [0.2, 0.25) is 0 Å². The molecule has 0 aliphatic heterocycles. The van der Waals surface area contributed by atoms with Crippen molar-refractivity contribution in [3.05, 3.63) is 16.4 Å². The van der Waals surface area contributed by atoms with Crippen LogP contribution in [0.4, 0.5) is 0 Å². The smallest absolute Gasteiger partial charge is 0.0863 e. The quantitative estimate of drug-likeness (QED) is 0.679. The SMILES string of the molecule is CCc1nn(CC)c(CNCCCCCO)c1Cl. The monoisotopic (exact) mass is 273 g/mol. The van der Waals surface area contributed by atoms with Crippen LogP contribution in [0.25, 0.3) is 0 Å². The van der Waals surface area contributed by atoms with Gasteiger partial charge in [-0.15, -0.1) is 0 Å². The predicted molar refractivity (Wildman–Crippen MR) is 74.9 cm³/mol. The lowest BCUT2D eigenvalue weighted by atomic mass is 10.2. The summed E-state index contributed by atoms with van der Waals surface area (Å²) < 4.78 is 1.97. The van der Waals surface area contributed by atoms with Gasteiger partial charge in [0, 0.05) is 19.7 Å². The number of rotatable bonds is 9. The number of aliphatic hydroxyl groups excluding tert-OH is 1. The summed E-state index contributed by atoms with van der Waals surface area (Å²) in [5.41, 5.74) is 2.06. The van der Waals surface area contributed by atoms with Gasteiger partial charge in [0.15, 0.2) is 0 Å². The van der Waals surface area contributed by atoms with Gasteiger partial charge < -0.3 is 10.4 Å². The molecule has 0 spiro atoms. The van der Waals surface area contributed by atoms with Crippen molar-refractivity contribution in [3.63, 3.8) is 0 Å². The van der Waals surface area contributed by atoms with E-state index in [2.05, 4.69) is 24.3 Å². The number of unbranched alkanes of at least 4 members (excludes halogenated alkanes) is 2. The summed E-state index contributed by atoms with van der Waals surface area (Å²) in [6, 6.07) is 0. The Morgan fingerprint density at radius 1 is 1.28 bits per heavy atom. The summed E-state index contributed by atoms with van der Waals surface area (Å²) in [6.45, 7) is 6.99. The van der Waals surface area contributed by atoms with Crippen LogP contribution < -0.4 is 5.32 Å². The average molecular weight is 274 g/mol. The molecule has 0 aliphatic carbocycles. The molecule has 4 nitrogen and oxygen atoms in total. The van der Waals surface area contributed by atoms with Crippen molar-refractivity contribution in [2.75, 3.05) is 13.2 Å². The van der Waals surface area contributed by atoms with Crippen LogP contribution in [0.1, 0.15) is 44.5 Å². The van der Waals surface area contributed by atoms with Crippen LogP contribution in [0.5, 0.6) is 0 Å². The van der Waals surface area contributed by atoms with Gasteiger partial charge in [-0.05, 0) is 39.2 Å². The van der Waals surface area contributed by atoms with E-state index in [1.54, 1.807) is 0 Å². The summed E-state index contributed by atoms with van der Waals surface area (Å²) in [4.78, 5) is 0. The number of nitrogens with one attached hydrogen (secondary N) is 1. The number of nitrogens with zero attached hydrogens (tertiary/aromatic N) is 2. The Balaban J connectivity index is 2.43. The molecule has 1 heterocycles. The van der Waals surface area contributed by atoms with Crippen LogP contribution in [0.3, 0.4) is 0 Å². The summed E-state index contributed by atoms with van der Waals surface area (Å²) in [5.74, 6) is 0. The maximum atomic E-state index is 8.69. The third-order valence-corrected chi connectivity index (χ3v) is 3.43. The van der Waals surface area contributed by atoms with Gasteiger partial charge in [-0.25, -0.2) is 0 Å². The van der Waals surface area contributed by atoms with Crippen LogP contribution in [0.15, 0.2) is 0 Å². The first-order chi connectivity index (χ1) is 8.74. The zero-order valence-electron chi connectivity index (χ0n) is 11.4. The molecule has 0 amide bonds. The van der Waals surface area contributed by atoms with E-state index in [0.29, 0.717) is 0 Å². The summed E-state index contributed by atoms with van der Waals surface area (Å²) in [5, 5.41) is 17.4. The van der Waals surface area contributed by atoms with Gasteiger partial charge >= 0.3 is 0 Å². The lowest BCUT2D eigenvalue weighted by molar-refractivity contribution is 0.283. The van der Waals surface area contributed by atoms with Crippen LogP contribution in [0.2, 0.25) is 5.02 Å². The molecule has 0 saturated heterocycles. The molecule has 0 radical (unpaired) electrons. The molecule has 0 saturated carbocycles. The molecule has 0 bridgehead atoms. The normalized spacial score (nSPS) is 11.1. The van der Waals surface area contributed by atoms with E-state index >= 15 is 0 Å². The molecule has 0 aromatic carbocycles. The zero-order chi connectivity index (χ0) is 13.4. The van der Waals surface area contributed by atoms with Gasteiger partial charge in [-0.3, -0.25) is 4.68 Å². The first kappa shape index (κ1) is 15.5. The first-order valence-corrected chi connectivity index (χ1v) is 7.18. The third kappa shape index (κ3) is 4.26. The molecule has 0 fully saturated rings. The molecule has 0 aliphatic rings.